The number of hydrogen-bond donors (Lipinski definition) is 3. The second kappa shape index (κ2) is 8.53. The molecule has 1 aromatic rings. The summed E-state index contributed by atoms with van der Waals surface area (Å²) in [4.78, 5) is 21.8. The van der Waals surface area contributed by atoms with Crippen LogP contribution < -0.4 is 10.6 Å². The molecule has 0 aromatic heterocycles. The highest BCUT2D eigenvalue weighted by atomic mass is 19.1. The third-order valence-corrected chi connectivity index (χ3v) is 2.70. The van der Waals surface area contributed by atoms with Crippen LogP contribution in [0.4, 0.5) is 14.9 Å². The van der Waals surface area contributed by atoms with Gasteiger partial charge in [0.05, 0.1) is 5.56 Å². The topological polar surface area (TPSA) is 102 Å². The van der Waals surface area contributed by atoms with Crippen molar-refractivity contribution < 1.29 is 19.1 Å². The summed E-state index contributed by atoms with van der Waals surface area (Å²) in [5.74, 6) is -1.47. The van der Waals surface area contributed by atoms with Crippen molar-refractivity contribution in [2.75, 3.05) is 11.9 Å². The van der Waals surface area contributed by atoms with Crippen LogP contribution in [0.3, 0.4) is 0 Å². The van der Waals surface area contributed by atoms with E-state index < -0.39 is 17.8 Å². The predicted molar refractivity (Wildman–Crippen MR) is 74.2 cm³/mol. The molecule has 6 nitrogen and oxygen atoms in total. The Morgan fingerprint density at radius 1 is 1.29 bits per heavy atom. The molecule has 0 heterocycles. The van der Waals surface area contributed by atoms with Gasteiger partial charge >= 0.3 is 12.0 Å². The fraction of sp³-hybridized carbons (Fsp3) is 0.357. The molecule has 0 aliphatic rings. The molecule has 0 saturated carbocycles. The first-order valence-corrected chi connectivity index (χ1v) is 6.49. The van der Waals surface area contributed by atoms with Crippen LogP contribution in [0.5, 0.6) is 0 Å². The van der Waals surface area contributed by atoms with Crippen LogP contribution in [0, 0.1) is 17.1 Å². The van der Waals surface area contributed by atoms with Crippen LogP contribution in [0.1, 0.15) is 31.2 Å². The van der Waals surface area contributed by atoms with Crippen molar-refractivity contribution >= 4 is 17.7 Å². The fourth-order valence-corrected chi connectivity index (χ4v) is 1.64. The number of nitrogens with zero attached hydrogens (tertiary/aromatic N) is 1. The Morgan fingerprint density at radius 3 is 2.71 bits per heavy atom. The number of carboxylic acids is 1. The molecule has 0 atom stereocenters. The van der Waals surface area contributed by atoms with Crippen LogP contribution in [0.25, 0.3) is 0 Å². The van der Waals surface area contributed by atoms with E-state index in [0.717, 1.165) is 6.07 Å². The number of carboxylic acid groups (broad SMARTS) is 1. The maximum absolute atomic E-state index is 13.1. The van der Waals surface area contributed by atoms with Crippen LogP contribution in [-0.2, 0) is 4.79 Å². The van der Waals surface area contributed by atoms with Crippen molar-refractivity contribution in [1.29, 1.82) is 5.26 Å². The van der Waals surface area contributed by atoms with Gasteiger partial charge in [-0.05, 0) is 31.0 Å². The van der Waals surface area contributed by atoms with Gasteiger partial charge in [-0.2, -0.15) is 5.26 Å². The molecule has 2 amide bonds. The largest absolute Gasteiger partial charge is 0.481 e. The lowest BCUT2D eigenvalue weighted by Crippen LogP contribution is -2.29. The van der Waals surface area contributed by atoms with Crippen LogP contribution in [-0.4, -0.2) is 23.7 Å². The van der Waals surface area contributed by atoms with Crippen LogP contribution in [0.15, 0.2) is 18.2 Å². The molecule has 1 aromatic carbocycles. The standard InChI is InChI=1S/C14H16FN3O3/c15-12-6-5-11(8-10(12)9-16)18-14(21)17-7-3-1-2-4-13(19)20/h5-6,8H,1-4,7H2,(H,19,20)(H2,17,18,21). The number of carbonyl (C=O) groups is 2. The average Bonchev–Trinajstić information content (AvgIpc) is 2.44. The third kappa shape index (κ3) is 6.38. The number of amides is 2. The number of aliphatic carboxylic acids is 1. The molecule has 0 radical (unpaired) electrons. The van der Waals surface area contributed by atoms with Gasteiger partial charge in [-0.15, -0.1) is 0 Å². The lowest BCUT2D eigenvalue weighted by Gasteiger charge is -2.07. The molecule has 0 aliphatic heterocycles. The second-order valence-electron chi connectivity index (χ2n) is 4.39. The molecule has 0 bridgehead atoms. The molecule has 21 heavy (non-hydrogen) atoms. The van der Waals surface area contributed by atoms with Crippen molar-refractivity contribution in [3.05, 3.63) is 29.6 Å². The summed E-state index contributed by atoms with van der Waals surface area (Å²) in [7, 11) is 0. The third-order valence-electron chi connectivity index (χ3n) is 2.70. The molecule has 1 rings (SSSR count). The predicted octanol–water partition coefficient (Wildman–Crippen LogP) is 2.46. The number of hydrogen-bond acceptors (Lipinski definition) is 3. The lowest BCUT2D eigenvalue weighted by molar-refractivity contribution is -0.137. The smallest absolute Gasteiger partial charge is 0.319 e. The highest BCUT2D eigenvalue weighted by Crippen LogP contribution is 2.13. The lowest BCUT2D eigenvalue weighted by atomic mass is 10.2. The molecule has 0 saturated heterocycles. The zero-order chi connectivity index (χ0) is 15.7. The van der Waals surface area contributed by atoms with E-state index in [9.17, 15) is 14.0 Å². The summed E-state index contributed by atoms with van der Waals surface area (Å²) in [6.45, 7) is 0.414. The van der Waals surface area contributed by atoms with Gasteiger partial charge in [0.1, 0.15) is 11.9 Å². The van der Waals surface area contributed by atoms with E-state index in [0.29, 0.717) is 31.5 Å². The quantitative estimate of drug-likeness (QED) is 0.672. The Hall–Kier alpha value is -2.62. The van der Waals surface area contributed by atoms with Crippen molar-refractivity contribution in [3.8, 4) is 6.07 Å². The van der Waals surface area contributed by atoms with Gasteiger partial charge < -0.3 is 15.7 Å². The number of anilines is 1. The molecule has 112 valence electrons. The first-order valence-electron chi connectivity index (χ1n) is 6.49. The van der Waals surface area contributed by atoms with E-state index in [-0.39, 0.29) is 12.0 Å². The van der Waals surface area contributed by atoms with Crippen molar-refractivity contribution in [3.63, 3.8) is 0 Å². The maximum Gasteiger partial charge on any atom is 0.319 e. The Balaban J connectivity index is 2.28. The van der Waals surface area contributed by atoms with Crippen molar-refractivity contribution in [2.24, 2.45) is 0 Å². The monoisotopic (exact) mass is 293 g/mol. The number of urea groups is 1. The number of unbranched alkanes of at least 4 members (excludes halogenated alkanes) is 2. The molecular formula is C14H16FN3O3. The summed E-state index contributed by atoms with van der Waals surface area (Å²) in [6, 6.07) is 4.96. The molecular weight excluding hydrogens is 277 g/mol. The normalized spacial score (nSPS) is 9.71. The Labute approximate surface area is 121 Å². The SMILES string of the molecule is N#Cc1cc(NC(=O)NCCCCCC(=O)O)ccc1F. The minimum absolute atomic E-state index is 0.124. The fourth-order valence-electron chi connectivity index (χ4n) is 1.64. The van der Waals surface area contributed by atoms with Crippen molar-refractivity contribution in [2.45, 2.75) is 25.7 Å². The van der Waals surface area contributed by atoms with E-state index in [1.54, 1.807) is 6.07 Å². The number of benzene rings is 1. The van der Waals surface area contributed by atoms with E-state index >= 15 is 0 Å². The molecule has 0 unspecified atom stereocenters. The summed E-state index contributed by atoms with van der Waals surface area (Å²) in [5, 5.41) is 22.2. The van der Waals surface area contributed by atoms with Gasteiger partial charge in [-0.3, -0.25) is 4.79 Å². The minimum atomic E-state index is -0.828. The van der Waals surface area contributed by atoms with Crippen LogP contribution >= 0.6 is 0 Å². The van der Waals surface area contributed by atoms with E-state index in [2.05, 4.69) is 10.6 Å². The van der Waals surface area contributed by atoms with E-state index in [1.165, 1.54) is 12.1 Å². The summed E-state index contributed by atoms with van der Waals surface area (Å²) in [6.07, 6.45) is 2.08. The number of rotatable bonds is 7. The average molecular weight is 293 g/mol. The second-order valence-corrected chi connectivity index (χ2v) is 4.39. The zero-order valence-electron chi connectivity index (χ0n) is 11.4. The summed E-state index contributed by atoms with van der Waals surface area (Å²) >= 11 is 0. The molecule has 0 spiro atoms. The Morgan fingerprint density at radius 2 is 2.05 bits per heavy atom. The van der Waals surface area contributed by atoms with E-state index in [4.69, 9.17) is 10.4 Å². The van der Waals surface area contributed by atoms with E-state index in [1.807, 2.05) is 0 Å². The number of halogens is 1. The number of nitrogens with one attached hydrogen (secondary N) is 2. The van der Waals surface area contributed by atoms with Crippen molar-refractivity contribution in [1.82, 2.24) is 5.32 Å². The maximum atomic E-state index is 13.1. The highest BCUT2D eigenvalue weighted by molar-refractivity contribution is 5.89. The van der Waals surface area contributed by atoms with Gasteiger partial charge in [-0.25, -0.2) is 9.18 Å². The number of nitriles is 1. The Kier molecular flexibility index (Phi) is 6.68. The number of carbonyl (C=O) groups excluding carboxylic acids is 1. The van der Waals surface area contributed by atoms with Gasteiger partial charge in [0.2, 0.25) is 0 Å². The summed E-state index contributed by atoms with van der Waals surface area (Å²) in [5.41, 5.74) is 0.192. The minimum Gasteiger partial charge on any atom is -0.481 e. The Bertz CT molecular complexity index is 555. The molecule has 0 fully saturated rings. The van der Waals surface area contributed by atoms with Gasteiger partial charge in [0.25, 0.3) is 0 Å². The first kappa shape index (κ1) is 16.4. The highest BCUT2D eigenvalue weighted by Gasteiger charge is 2.05. The molecule has 7 heteroatoms. The first-order chi connectivity index (χ1) is 10.0. The van der Waals surface area contributed by atoms with Gasteiger partial charge in [0.15, 0.2) is 0 Å². The van der Waals surface area contributed by atoms with Crippen LogP contribution in [0.2, 0.25) is 0 Å². The van der Waals surface area contributed by atoms with Gasteiger partial charge in [-0.1, -0.05) is 6.42 Å². The molecule has 0 aliphatic carbocycles. The molecule has 3 N–H and O–H groups in total. The zero-order valence-corrected chi connectivity index (χ0v) is 11.4. The summed E-state index contributed by atoms with van der Waals surface area (Å²) < 4.78 is 13.1. The van der Waals surface area contributed by atoms with Gasteiger partial charge in [0, 0.05) is 18.7 Å².